The Kier molecular flexibility index (Phi) is 4.45. The fourth-order valence-corrected chi connectivity index (χ4v) is 2.85. The van der Waals surface area contributed by atoms with Gasteiger partial charge in [0.05, 0.1) is 6.42 Å². The molecule has 0 unspecified atom stereocenters. The third-order valence-corrected chi connectivity index (χ3v) is 4.48. The molecular formula is C13H11N5O2S2. The maximum atomic E-state index is 12.0. The molecule has 1 N–H and O–H groups in total. The molecule has 1 aromatic carbocycles. The largest absolute Gasteiger partial charge is 0.417 e. The van der Waals surface area contributed by atoms with Crippen molar-refractivity contribution in [3.05, 3.63) is 47.7 Å². The number of anilines is 1. The number of nitrogens with zero attached hydrogens (tertiary/aromatic N) is 4. The van der Waals surface area contributed by atoms with Crippen molar-refractivity contribution in [2.24, 2.45) is 0 Å². The van der Waals surface area contributed by atoms with E-state index in [1.54, 1.807) is 0 Å². The van der Waals surface area contributed by atoms with Crippen molar-refractivity contribution in [3.63, 3.8) is 0 Å². The van der Waals surface area contributed by atoms with Crippen LogP contribution in [0.15, 0.2) is 39.1 Å². The molecular weight excluding hydrogens is 322 g/mol. The van der Waals surface area contributed by atoms with Gasteiger partial charge in [-0.2, -0.15) is 0 Å². The van der Waals surface area contributed by atoms with E-state index in [0.717, 1.165) is 9.90 Å². The minimum Gasteiger partial charge on any atom is -0.417 e. The van der Waals surface area contributed by atoms with Gasteiger partial charge in [-0.05, 0) is 11.8 Å². The van der Waals surface area contributed by atoms with Crippen LogP contribution < -0.4 is 5.32 Å². The average molecular weight is 333 g/mol. The molecule has 0 aliphatic rings. The van der Waals surface area contributed by atoms with Crippen molar-refractivity contribution in [2.75, 3.05) is 11.6 Å². The molecule has 9 heteroatoms. The first-order valence-electron chi connectivity index (χ1n) is 6.30. The Morgan fingerprint density at radius 3 is 2.77 bits per heavy atom. The highest BCUT2D eigenvalue weighted by atomic mass is 32.2. The molecule has 0 spiro atoms. The molecule has 0 bridgehead atoms. The second-order valence-electron chi connectivity index (χ2n) is 4.19. The maximum Gasteiger partial charge on any atom is 0.315 e. The average Bonchev–Trinajstić information content (AvgIpc) is 3.17. The lowest BCUT2D eigenvalue weighted by atomic mass is 10.2. The van der Waals surface area contributed by atoms with Gasteiger partial charge < -0.3 is 4.42 Å². The summed E-state index contributed by atoms with van der Waals surface area (Å²) >= 11 is 2.74. The molecule has 0 fully saturated rings. The van der Waals surface area contributed by atoms with Crippen molar-refractivity contribution in [1.29, 1.82) is 0 Å². The zero-order chi connectivity index (χ0) is 15.4. The highest BCUT2D eigenvalue weighted by molar-refractivity contribution is 8.00. The number of carbonyl (C=O) groups is 1. The number of amides is 1. The molecule has 3 aromatic rings. The van der Waals surface area contributed by atoms with E-state index in [-0.39, 0.29) is 5.89 Å². The molecule has 0 saturated heterocycles. The summed E-state index contributed by atoms with van der Waals surface area (Å²) in [5.74, 6) is -0.194. The fourth-order valence-electron chi connectivity index (χ4n) is 1.68. The third-order valence-electron chi connectivity index (χ3n) is 2.66. The fraction of sp³-hybridized carbons (Fsp3) is 0.154. The first-order chi connectivity index (χ1) is 10.7. The molecule has 0 radical (unpaired) electrons. The first kappa shape index (κ1) is 14.7. The lowest BCUT2D eigenvalue weighted by Gasteiger charge is -1.96. The van der Waals surface area contributed by atoms with E-state index in [2.05, 4.69) is 25.7 Å². The first-order valence-corrected chi connectivity index (χ1v) is 8.34. The van der Waals surface area contributed by atoms with E-state index in [0.29, 0.717) is 17.4 Å². The minimum absolute atomic E-state index is 0.0909. The Morgan fingerprint density at radius 1 is 1.23 bits per heavy atom. The van der Waals surface area contributed by atoms with Gasteiger partial charge in [0.25, 0.3) is 0 Å². The number of hydrogen-bond acceptors (Lipinski definition) is 8. The Morgan fingerprint density at radius 2 is 2.05 bits per heavy atom. The van der Waals surface area contributed by atoms with Gasteiger partial charge in [-0.3, -0.25) is 10.1 Å². The van der Waals surface area contributed by atoms with Crippen LogP contribution in [0.25, 0.3) is 0 Å². The maximum absolute atomic E-state index is 12.0. The van der Waals surface area contributed by atoms with Crippen molar-refractivity contribution >= 4 is 34.1 Å². The van der Waals surface area contributed by atoms with Crippen LogP contribution in [0.4, 0.5) is 5.13 Å². The number of aromatic nitrogens is 4. The molecule has 1 amide bonds. The van der Waals surface area contributed by atoms with Gasteiger partial charge >= 0.3 is 11.8 Å². The molecule has 0 atom stereocenters. The number of hydrogen-bond donors (Lipinski definition) is 1. The lowest BCUT2D eigenvalue weighted by Crippen LogP contribution is -2.12. The van der Waals surface area contributed by atoms with Crippen LogP contribution in [0.5, 0.6) is 0 Å². The standard InChI is InChI=1S/C13H11N5O2S2/c1-21-13-18-17-12(22-13)14-10(19)11-16-15-9(20-11)7-8-5-3-2-4-6-8/h2-6H,7H2,1H3,(H,14,17,19). The van der Waals surface area contributed by atoms with Gasteiger partial charge in [-0.25, -0.2) is 0 Å². The third kappa shape index (κ3) is 3.49. The SMILES string of the molecule is CSc1nnc(NC(=O)c2nnc(Cc3ccccc3)o2)s1. The lowest BCUT2D eigenvalue weighted by molar-refractivity contribution is 0.0988. The summed E-state index contributed by atoms with van der Waals surface area (Å²) in [6.45, 7) is 0. The van der Waals surface area contributed by atoms with Gasteiger partial charge in [-0.1, -0.05) is 53.4 Å². The van der Waals surface area contributed by atoms with Crippen LogP contribution in [0, 0.1) is 0 Å². The van der Waals surface area contributed by atoms with E-state index >= 15 is 0 Å². The quantitative estimate of drug-likeness (QED) is 0.566. The number of carbonyl (C=O) groups excluding carboxylic acids is 1. The van der Waals surface area contributed by atoms with Crippen LogP contribution in [-0.2, 0) is 6.42 Å². The van der Waals surface area contributed by atoms with Crippen molar-refractivity contribution < 1.29 is 9.21 Å². The number of rotatable bonds is 5. The van der Waals surface area contributed by atoms with E-state index in [9.17, 15) is 4.79 Å². The predicted molar refractivity (Wildman–Crippen MR) is 83.2 cm³/mol. The Labute approximate surface area is 134 Å². The summed E-state index contributed by atoms with van der Waals surface area (Å²) in [7, 11) is 0. The van der Waals surface area contributed by atoms with E-state index in [1.807, 2.05) is 36.6 Å². The monoisotopic (exact) mass is 333 g/mol. The Balaban J connectivity index is 1.66. The van der Waals surface area contributed by atoms with Crippen LogP contribution >= 0.6 is 23.1 Å². The Bertz CT molecular complexity index is 772. The van der Waals surface area contributed by atoms with Crippen LogP contribution in [0.3, 0.4) is 0 Å². The normalized spacial score (nSPS) is 10.6. The van der Waals surface area contributed by atoms with Gasteiger partial charge in [-0.15, -0.1) is 20.4 Å². The van der Waals surface area contributed by atoms with Crippen molar-refractivity contribution in [3.8, 4) is 0 Å². The van der Waals surface area contributed by atoms with Crippen molar-refractivity contribution in [1.82, 2.24) is 20.4 Å². The topological polar surface area (TPSA) is 93.8 Å². The van der Waals surface area contributed by atoms with Crippen LogP contribution in [0.1, 0.15) is 22.1 Å². The predicted octanol–water partition coefficient (Wildman–Crippen LogP) is 2.49. The smallest absolute Gasteiger partial charge is 0.315 e. The molecule has 2 aromatic heterocycles. The highest BCUT2D eigenvalue weighted by Gasteiger charge is 2.17. The van der Waals surface area contributed by atoms with E-state index < -0.39 is 5.91 Å². The summed E-state index contributed by atoms with van der Waals surface area (Å²) in [6.07, 6.45) is 2.37. The van der Waals surface area contributed by atoms with Crippen LogP contribution in [-0.4, -0.2) is 32.6 Å². The van der Waals surface area contributed by atoms with Gasteiger partial charge in [0.2, 0.25) is 11.0 Å². The minimum atomic E-state index is -0.490. The number of benzene rings is 1. The summed E-state index contributed by atoms with van der Waals surface area (Å²) in [5.41, 5.74) is 1.03. The van der Waals surface area contributed by atoms with Gasteiger partial charge in [0.15, 0.2) is 4.34 Å². The van der Waals surface area contributed by atoms with Crippen molar-refractivity contribution in [2.45, 2.75) is 10.8 Å². The molecule has 0 saturated carbocycles. The second kappa shape index (κ2) is 6.67. The zero-order valence-corrected chi connectivity index (χ0v) is 13.1. The van der Waals surface area contributed by atoms with Crippen LogP contribution in [0.2, 0.25) is 0 Å². The highest BCUT2D eigenvalue weighted by Crippen LogP contribution is 2.23. The second-order valence-corrected chi connectivity index (χ2v) is 6.23. The molecule has 3 rings (SSSR count). The molecule has 0 aliphatic carbocycles. The summed E-state index contributed by atoms with van der Waals surface area (Å²) < 4.78 is 6.14. The van der Waals surface area contributed by atoms with Gasteiger partial charge in [0, 0.05) is 0 Å². The summed E-state index contributed by atoms with van der Waals surface area (Å²) in [4.78, 5) is 12.0. The molecule has 112 valence electrons. The van der Waals surface area contributed by atoms with Gasteiger partial charge in [0.1, 0.15) is 0 Å². The molecule has 22 heavy (non-hydrogen) atoms. The summed E-state index contributed by atoms with van der Waals surface area (Å²) in [6, 6.07) is 9.70. The molecule has 2 heterocycles. The zero-order valence-electron chi connectivity index (χ0n) is 11.5. The van der Waals surface area contributed by atoms with E-state index in [1.165, 1.54) is 23.1 Å². The molecule has 7 nitrogen and oxygen atoms in total. The Hall–Kier alpha value is -2.26. The number of nitrogens with one attached hydrogen (secondary N) is 1. The van der Waals surface area contributed by atoms with E-state index in [4.69, 9.17) is 4.42 Å². The number of thioether (sulfide) groups is 1. The summed E-state index contributed by atoms with van der Waals surface area (Å²) in [5, 5.41) is 18.4. The molecule has 0 aliphatic heterocycles.